The van der Waals surface area contributed by atoms with E-state index in [1.54, 1.807) is 16.8 Å². The van der Waals surface area contributed by atoms with Crippen LogP contribution >= 0.6 is 0 Å². The Hall–Kier alpha value is -2.02. The fraction of sp³-hybridized carbons (Fsp3) is 0.538. The number of nitrogens with zero attached hydrogens (tertiary/aromatic N) is 2. The Morgan fingerprint density at radius 2 is 2.10 bits per heavy atom. The van der Waals surface area contributed by atoms with E-state index >= 15 is 0 Å². The second kappa shape index (κ2) is 5.16. The third-order valence-electron chi connectivity index (χ3n) is 3.51. The Labute approximate surface area is 117 Å². The van der Waals surface area contributed by atoms with Gasteiger partial charge < -0.3 is 26.0 Å². The summed E-state index contributed by atoms with van der Waals surface area (Å²) in [6.45, 7) is 3.97. The number of likely N-dealkylation sites (tertiary alicyclic amines) is 1. The molecule has 0 spiro atoms. The zero-order valence-corrected chi connectivity index (χ0v) is 11.6. The summed E-state index contributed by atoms with van der Waals surface area (Å²) in [5, 5.41) is 9.67. The van der Waals surface area contributed by atoms with Gasteiger partial charge in [0.15, 0.2) is 0 Å². The average molecular weight is 280 g/mol. The number of aromatic nitrogens is 1. The maximum absolute atomic E-state index is 12.6. The molecule has 0 saturated carbocycles. The molecule has 0 bridgehead atoms. The molecule has 7 heteroatoms. The molecule has 2 heterocycles. The lowest BCUT2D eigenvalue weighted by atomic mass is 10.2. The second-order valence-corrected chi connectivity index (χ2v) is 5.42. The van der Waals surface area contributed by atoms with Gasteiger partial charge >= 0.3 is 0 Å². The number of hydrogen-bond donors (Lipinski definition) is 3. The van der Waals surface area contributed by atoms with E-state index < -0.39 is 18.1 Å². The maximum Gasteiger partial charge on any atom is 0.271 e. The fourth-order valence-corrected chi connectivity index (χ4v) is 2.55. The number of amides is 2. The zero-order chi connectivity index (χ0) is 15.0. The minimum Gasteiger partial charge on any atom is -0.397 e. The molecule has 2 amide bonds. The molecule has 1 aliphatic rings. The van der Waals surface area contributed by atoms with Crippen LogP contribution in [-0.2, 0) is 4.79 Å². The number of aliphatic hydroxyl groups excluding tert-OH is 1. The van der Waals surface area contributed by atoms with Crippen molar-refractivity contribution in [2.75, 3.05) is 12.3 Å². The van der Waals surface area contributed by atoms with Crippen LogP contribution < -0.4 is 11.5 Å². The van der Waals surface area contributed by atoms with Crippen molar-refractivity contribution < 1.29 is 14.7 Å². The average Bonchev–Trinajstić information content (AvgIpc) is 2.91. The number of hydrogen-bond acceptors (Lipinski definition) is 4. The third kappa shape index (κ3) is 2.49. The van der Waals surface area contributed by atoms with Crippen LogP contribution in [0.1, 0.15) is 36.8 Å². The molecule has 0 aromatic carbocycles. The molecular weight excluding hydrogens is 260 g/mol. The van der Waals surface area contributed by atoms with Crippen LogP contribution in [0.4, 0.5) is 5.69 Å². The van der Waals surface area contributed by atoms with Crippen molar-refractivity contribution in [2.24, 2.45) is 5.73 Å². The number of primary amides is 1. The maximum atomic E-state index is 12.6. The smallest absolute Gasteiger partial charge is 0.271 e. The van der Waals surface area contributed by atoms with Gasteiger partial charge in [-0.05, 0) is 19.9 Å². The quantitative estimate of drug-likeness (QED) is 0.705. The van der Waals surface area contributed by atoms with Gasteiger partial charge in [0, 0.05) is 25.2 Å². The summed E-state index contributed by atoms with van der Waals surface area (Å²) in [7, 11) is 0. The first-order valence-corrected chi connectivity index (χ1v) is 6.57. The number of carbonyl (C=O) groups is 2. The van der Waals surface area contributed by atoms with E-state index in [1.165, 1.54) is 4.90 Å². The van der Waals surface area contributed by atoms with Crippen molar-refractivity contribution >= 4 is 17.5 Å². The molecule has 110 valence electrons. The number of nitrogen functional groups attached to an aromatic ring is 1. The van der Waals surface area contributed by atoms with Crippen LogP contribution in [0, 0.1) is 0 Å². The van der Waals surface area contributed by atoms with Crippen molar-refractivity contribution in [3.63, 3.8) is 0 Å². The molecule has 1 fully saturated rings. The van der Waals surface area contributed by atoms with Crippen molar-refractivity contribution in [3.8, 4) is 0 Å². The van der Waals surface area contributed by atoms with Gasteiger partial charge in [-0.3, -0.25) is 9.59 Å². The van der Waals surface area contributed by atoms with E-state index in [0.717, 1.165) is 0 Å². The van der Waals surface area contributed by atoms with Crippen molar-refractivity contribution in [2.45, 2.75) is 38.5 Å². The Balaban J connectivity index is 2.33. The number of anilines is 1. The molecule has 20 heavy (non-hydrogen) atoms. The van der Waals surface area contributed by atoms with Crippen molar-refractivity contribution in [3.05, 3.63) is 18.0 Å². The summed E-state index contributed by atoms with van der Waals surface area (Å²) in [5.74, 6) is -0.943. The highest BCUT2D eigenvalue weighted by molar-refractivity contribution is 5.97. The van der Waals surface area contributed by atoms with Gasteiger partial charge in [0.25, 0.3) is 5.91 Å². The SMILES string of the molecule is CC(C)n1cc(N)cc1C(=O)N1CC(O)CC1C(N)=O. The first-order chi connectivity index (χ1) is 9.31. The monoisotopic (exact) mass is 280 g/mol. The van der Waals surface area contributed by atoms with Gasteiger partial charge in [0.2, 0.25) is 5.91 Å². The fourth-order valence-electron chi connectivity index (χ4n) is 2.55. The Morgan fingerprint density at radius 3 is 2.65 bits per heavy atom. The van der Waals surface area contributed by atoms with E-state index in [4.69, 9.17) is 11.5 Å². The summed E-state index contributed by atoms with van der Waals surface area (Å²) in [4.78, 5) is 25.3. The summed E-state index contributed by atoms with van der Waals surface area (Å²) < 4.78 is 1.75. The largest absolute Gasteiger partial charge is 0.397 e. The zero-order valence-electron chi connectivity index (χ0n) is 11.6. The van der Waals surface area contributed by atoms with Crippen molar-refractivity contribution in [1.82, 2.24) is 9.47 Å². The highest BCUT2D eigenvalue weighted by Crippen LogP contribution is 2.24. The van der Waals surface area contributed by atoms with Crippen LogP contribution in [0.25, 0.3) is 0 Å². The second-order valence-electron chi connectivity index (χ2n) is 5.42. The van der Waals surface area contributed by atoms with Crippen LogP contribution in [0.15, 0.2) is 12.3 Å². The molecule has 2 unspecified atom stereocenters. The molecule has 2 atom stereocenters. The molecule has 7 nitrogen and oxygen atoms in total. The highest BCUT2D eigenvalue weighted by Gasteiger charge is 2.39. The van der Waals surface area contributed by atoms with Gasteiger partial charge in [-0.1, -0.05) is 0 Å². The van der Waals surface area contributed by atoms with E-state index in [0.29, 0.717) is 11.4 Å². The molecule has 2 rings (SSSR count). The third-order valence-corrected chi connectivity index (χ3v) is 3.51. The molecule has 1 aliphatic heterocycles. The van der Waals surface area contributed by atoms with E-state index in [2.05, 4.69) is 0 Å². The molecular formula is C13H20N4O3. The number of nitrogens with two attached hydrogens (primary N) is 2. The Kier molecular flexibility index (Phi) is 3.71. The molecule has 0 radical (unpaired) electrons. The first-order valence-electron chi connectivity index (χ1n) is 6.57. The first kappa shape index (κ1) is 14.4. The number of aliphatic hydroxyl groups is 1. The summed E-state index contributed by atoms with van der Waals surface area (Å²) in [6, 6.07) is 0.866. The molecule has 0 aliphatic carbocycles. The van der Waals surface area contributed by atoms with Gasteiger partial charge in [-0.2, -0.15) is 0 Å². The minimum atomic E-state index is -0.769. The highest BCUT2D eigenvalue weighted by atomic mass is 16.3. The molecule has 5 N–H and O–H groups in total. The predicted octanol–water partition coefficient (Wildman–Crippen LogP) is -0.288. The molecule has 1 aromatic heterocycles. The minimum absolute atomic E-state index is 0.0609. The van der Waals surface area contributed by atoms with Crippen LogP contribution in [-0.4, -0.2) is 45.1 Å². The van der Waals surface area contributed by atoms with Crippen LogP contribution in [0.5, 0.6) is 0 Å². The number of rotatable bonds is 3. The lowest BCUT2D eigenvalue weighted by molar-refractivity contribution is -0.121. The number of β-amino-alcohol motifs (C(OH)–C–C–N with tert-alkyl or cyclic N) is 1. The van der Waals surface area contributed by atoms with Crippen LogP contribution in [0.3, 0.4) is 0 Å². The van der Waals surface area contributed by atoms with Crippen LogP contribution in [0.2, 0.25) is 0 Å². The lowest BCUT2D eigenvalue weighted by Gasteiger charge is -2.23. The Bertz CT molecular complexity index is 538. The van der Waals surface area contributed by atoms with Gasteiger partial charge in [-0.25, -0.2) is 0 Å². The molecule has 1 saturated heterocycles. The van der Waals surface area contributed by atoms with Gasteiger partial charge in [-0.15, -0.1) is 0 Å². The Morgan fingerprint density at radius 1 is 1.45 bits per heavy atom. The summed E-state index contributed by atoms with van der Waals surface area (Å²) in [5.41, 5.74) is 11.9. The van der Waals surface area contributed by atoms with Gasteiger partial charge in [0.05, 0.1) is 11.8 Å². The summed E-state index contributed by atoms with van der Waals surface area (Å²) in [6.07, 6.45) is 1.14. The normalized spacial score (nSPS) is 22.5. The standard InChI is InChI=1S/C13H20N4O3/c1-7(2)16-5-8(14)3-11(16)13(20)17-6-9(18)4-10(17)12(15)19/h3,5,7,9-10,18H,4,6,14H2,1-2H3,(H2,15,19). The topological polar surface area (TPSA) is 115 Å². The molecule has 1 aromatic rings. The summed E-state index contributed by atoms with van der Waals surface area (Å²) >= 11 is 0. The number of carbonyl (C=O) groups excluding carboxylic acids is 2. The van der Waals surface area contributed by atoms with Gasteiger partial charge in [0.1, 0.15) is 11.7 Å². The van der Waals surface area contributed by atoms with E-state index in [1.807, 2.05) is 13.8 Å². The van der Waals surface area contributed by atoms with E-state index in [-0.39, 0.29) is 24.9 Å². The van der Waals surface area contributed by atoms with Crippen molar-refractivity contribution in [1.29, 1.82) is 0 Å². The lowest BCUT2D eigenvalue weighted by Crippen LogP contribution is -2.44. The predicted molar refractivity (Wildman–Crippen MR) is 73.9 cm³/mol. The van der Waals surface area contributed by atoms with E-state index in [9.17, 15) is 14.7 Å².